The van der Waals surface area contributed by atoms with Gasteiger partial charge in [0.25, 0.3) is 9.05 Å². The second-order valence-electron chi connectivity index (χ2n) is 3.19. The molecule has 0 N–H and O–H groups in total. The van der Waals surface area contributed by atoms with Crippen LogP contribution in [0.15, 0.2) is 17.0 Å². The Balaban J connectivity index is 3.50. The number of rotatable bonds is 3. The summed E-state index contributed by atoms with van der Waals surface area (Å²) in [6, 6.07) is 2.79. The van der Waals surface area contributed by atoms with Gasteiger partial charge in [-0.05, 0) is 17.7 Å². The van der Waals surface area contributed by atoms with Crippen LogP contribution in [0.4, 0.5) is 13.2 Å². The molecule has 19 heavy (non-hydrogen) atoms. The molecule has 0 amide bonds. The summed E-state index contributed by atoms with van der Waals surface area (Å²) in [5, 5.41) is 8.70. The maximum absolute atomic E-state index is 12.1. The molecule has 0 heterocycles. The van der Waals surface area contributed by atoms with Gasteiger partial charge in [0.05, 0.1) is 10.5 Å². The standard InChI is InChI=1S/C9H4Cl2F3NO3S/c10-3-5-1-7(18-9(12,13)14)6(4-15)2-8(5)19(11,16)17/h1-2H,3H2. The topological polar surface area (TPSA) is 67.2 Å². The van der Waals surface area contributed by atoms with Crippen LogP contribution in [0, 0.1) is 11.3 Å². The molecule has 4 nitrogen and oxygen atoms in total. The first kappa shape index (κ1) is 15.9. The summed E-state index contributed by atoms with van der Waals surface area (Å²) in [5.74, 6) is -1.25. The molecule has 0 fully saturated rings. The first-order chi connectivity index (χ1) is 8.58. The van der Waals surface area contributed by atoms with E-state index in [1.807, 2.05) is 0 Å². The SMILES string of the molecule is N#Cc1cc(S(=O)(=O)Cl)c(CCl)cc1OC(F)(F)F. The summed E-state index contributed by atoms with van der Waals surface area (Å²) in [6.45, 7) is 0. The molecule has 1 aromatic rings. The first-order valence-electron chi connectivity index (χ1n) is 4.42. The van der Waals surface area contributed by atoms with Gasteiger partial charge >= 0.3 is 6.36 Å². The molecule has 1 aromatic carbocycles. The van der Waals surface area contributed by atoms with Crippen LogP contribution >= 0.6 is 22.3 Å². The van der Waals surface area contributed by atoms with Crippen LogP contribution in [0.2, 0.25) is 0 Å². The summed E-state index contributed by atoms with van der Waals surface area (Å²) in [7, 11) is 0.859. The van der Waals surface area contributed by atoms with Crippen LogP contribution in [0.5, 0.6) is 5.75 Å². The average molecular weight is 334 g/mol. The highest BCUT2D eigenvalue weighted by Crippen LogP contribution is 2.32. The summed E-state index contributed by atoms with van der Waals surface area (Å²) in [4.78, 5) is -0.532. The van der Waals surface area contributed by atoms with Gasteiger partial charge in [0, 0.05) is 16.6 Å². The first-order valence-corrected chi connectivity index (χ1v) is 7.26. The predicted octanol–water partition coefficient (Wildman–Crippen LogP) is 3.12. The number of hydrogen-bond donors (Lipinski definition) is 0. The van der Waals surface area contributed by atoms with Gasteiger partial charge in [0.2, 0.25) is 0 Å². The van der Waals surface area contributed by atoms with Gasteiger partial charge in [0.15, 0.2) is 0 Å². The highest BCUT2D eigenvalue weighted by Gasteiger charge is 2.33. The van der Waals surface area contributed by atoms with Crippen LogP contribution in [-0.4, -0.2) is 14.8 Å². The molecule has 0 radical (unpaired) electrons. The number of hydrogen-bond acceptors (Lipinski definition) is 4. The quantitative estimate of drug-likeness (QED) is 0.629. The van der Waals surface area contributed by atoms with Crippen molar-refractivity contribution in [3.8, 4) is 11.8 Å². The molecule has 104 valence electrons. The predicted molar refractivity (Wildman–Crippen MR) is 60.4 cm³/mol. The van der Waals surface area contributed by atoms with Gasteiger partial charge < -0.3 is 4.74 Å². The van der Waals surface area contributed by atoms with E-state index in [0.29, 0.717) is 12.1 Å². The minimum Gasteiger partial charge on any atom is -0.404 e. The fourth-order valence-electron chi connectivity index (χ4n) is 1.23. The molecule has 0 aliphatic carbocycles. The Morgan fingerprint density at radius 2 is 1.95 bits per heavy atom. The van der Waals surface area contributed by atoms with Crippen molar-refractivity contribution in [1.82, 2.24) is 0 Å². The van der Waals surface area contributed by atoms with Gasteiger partial charge in [0.1, 0.15) is 11.8 Å². The van der Waals surface area contributed by atoms with Crippen LogP contribution in [0.3, 0.4) is 0 Å². The van der Waals surface area contributed by atoms with Crippen LogP contribution < -0.4 is 4.74 Å². The molecule has 0 aliphatic rings. The maximum Gasteiger partial charge on any atom is 0.573 e. The van der Waals surface area contributed by atoms with Crippen molar-refractivity contribution >= 4 is 31.3 Å². The molecular weight excluding hydrogens is 330 g/mol. The van der Waals surface area contributed by atoms with Crippen LogP contribution in [-0.2, 0) is 14.9 Å². The van der Waals surface area contributed by atoms with Crippen molar-refractivity contribution < 1.29 is 26.3 Å². The van der Waals surface area contributed by atoms with Crippen molar-refractivity contribution in [2.24, 2.45) is 0 Å². The molecule has 0 atom stereocenters. The third-order valence-corrected chi connectivity index (χ3v) is 3.61. The lowest BCUT2D eigenvalue weighted by molar-refractivity contribution is -0.274. The monoisotopic (exact) mass is 333 g/mol. The van der Waals surface area contributed by atoms with E-state index in [-0.39, 0.29) is 5.56 Å². The number of alkyl halides is 4. The average Bonchev–Trinajstić information content (AvgIpc) is 2.24. The fourth-order valence-corrected chi connectivity index (χ4v) is 2.66. The summed E-state index contributed by atoms with van der Waals surface area (Å²) < 4.78 is 62.4. The van der Waals surface area contributed by atoms with E-state index >= 15 is 0 Å². The third kappa shape index (κ3) is 4.16. The minimum absolute atomic E-state index is 0.199. The van der Waals surface area contributed by atoms with E-state index in [9.17, 15) is 21.6 Å². The Morgan fingerprint density at radius 1 is 1.37 bits per heavy atom. The van der Waals surface area contributed by atoms with Gasteiger partial charge in [-0.2, -0.15) is 5.26 Å². The van der Waals surface area contributed by atoms with E-state index in [0.717, 1.165) is 0 Å². The van der Waals surface area contributed by atoms with E-state index in [4.69, 9.17) is 27.5 Å². The van der Waals surface area contributed by atoms with Crippen molar-refractivity contribution in [2.45, 2.75) is 17.1 Å². The number of halogens is 5. The summed E-state index contributed by atoms with van der Waals surface area (Å²) >= 11 is 5.43. The largest absolute Gasteiger partial charge is 0.573 e. The lowest BCUT2D eigenvalue weighted by Crippen LogP contribution is -2.18. The maximum atomic E-state index is 12.1. The summed E-state index contributed by atoms with van der Waals surface area (Å²) in [6.07, 6.45) is -5.02. The molecule has 0 saturated heterocycles. The van der Waals surface area contributed by atoms with Gasteiger partial charge in [-0.1, -0.05) is 0 Å². The highest BCUT2D eigenvalue weighted by atomic mass is 35.7. The Bertz CT molecular complexity index is 637. The Hall–Kier alpha value is -1.17. The Labute approximate surface area is 115 Å². The zero-order chi connectivity index (χ0) is 14.8. The van der Waals surface area contributed by atoms with Gasteiger partial charge in [-0.25, -0.2) is 8.42 Å². The van der Waals surface area contributed by atoms with Crippen molar-refractivity contribution in [3.05, 3.63) is 23.3 Å². The Morgan fingerprint density at radius 3 is 2.32 bits per heavy atom. The molecule has 0 unspecified atom stereocenters. The Kier molecular flexibility index (Phi) is 4.55. The lowest BCUT2D eigenvalue weighted by atomic mass is 10.1. The highest BCUT2D eigenvalue weighted by molar-refractivity contribution is 8.13. The van der Waals surface area contributed by atoms with Crippen molar-refractivity contribution in [2.75, 3.05) is 0 Å². The zero-order valence-electron chi connectivity index (χ0n) is 8.83. The second-order valence-corrected chi connectivity index (χ2v) is 5.99. The molecule has 0 saturated carbocycles. The van der Waals surface area contributed by atoms with Gasteiger partial charge in [-0.3, -0.25) is 0 Å². The minimum atomic E-state index is -5.02. The lowest BCUT2D eigenvalue weighted by Gasteiger charge is -2.13. The van der Waals surface area contributed by atoms with Crippen LogP contribution in [0.25, 0.3) is 0 Å². The normalized spacial score (nSPS) is 12.0. The van der Waals surface area contributed by atoms with E-state index in [1.54, 1.807) is 0 Å². The second kappa shape index (κ2) is 5.45. The molecule has 10 heteroatoms. The third-order valence-electron chi connectivity index (χ3n) is 1.92. The van der Waals surface area contributed by atoms with Crippen LogP contribution in [0.1, 0.15) is 11.1 Å². The van der Waals surface area contributed by atoms with Gasteiger partial charge in [-0.15, -0.1) is 24.8 Å². The van der Waals surface area contributed by atoms with Crippen molar-refractivity contribution in [3.63, 3.8) is 0 Å². The zero-order valence-corrected chi connectivity index (χ0v) is 11.2. The van der Waals surface area contributed by atoms with Crippen molar-refractivity contribution in [1.29, 1.82) is 5.26 Å². The molecule has 0 bridgehead atoms. The summed E-state index contributed by atoms with van der Waals surface area (Å²) in [5.41, 5.74) is -0.819. The molecular formula is C9H4Cl2F3NO3S. The molecule has 0 aliphatic heterocycles. The molecule has 1 rings (SSSR count). The number of benzene rings is 1. The number of ether oxygens (including phenoxy) is 1. The molecule has 0 aromatic heterocycles. The van der Waals surface area contributed by atoms with E-state index in [1.165, 1.54) is 6.07 Å². The fraction of sp³-hybridized carbons (Fsp3) is 0.222. The smallest absolute Gasteiger partial charge is 0.404 e. The van der Waals surface area contributed by atoms with E-state index in [2.05, 4.69) is 4.74 Å². The molecule has 0 spiro atoms. The number of nitriles is 1. The number of nitrogens with zero attached hydrogens (tertiary/aromatic N) is 1. The van der Waals surface area contributed by atoms with E-state index < -0.39 is 37.5 Å².